The Morgan fingerprint density at radius 3 is 2.54 bits per heavy atom. The summed E-state index contributed by atoms with van der Waals surface area (Å²) >= 11 is 0. The van der Waals surface area contributed by atoms with Crippen molar-refractivity contribution in [3.63, 3.8) is 0 Å². The maximum atomic E-state index is 12.3. The van der Waals surface area contributed by atoms with Crippen molar-refractivity contribution >= 4 is 11.9 Å². The number of carbonyl (C=O) groups is 1. The van der Waals surface area contributed by atoms with Gasteiger partial charge < -0.3 is 14.4 Å². The summed E-state index contributed by atoms with van der Waals surface area (Å²) in [6.07, 6.45) is 0.932. The maximum absolute atomic E-state index is 12.3. The van der Waals surface area contributed by atoms with Crippen LogP contribution < -0.4 is 10.2 Å². The number of rotatable bonds is 9. The van der Waals surface area contributed by atoms with E-state index in [0.29, 0.717) is 31.9 Å². The number of carbonyl (C=O) groups excluding carboxylic acids is 1. The lowest BCUT2D eigenvalue weighted by Crippen LogP contribution is -3.05. The monoisotopic (exact) mass is 336 g/mol. The van der Waals surface area contributed by atoms with Crippen LogP contribution in [-0.2, 0) is 9.47 Å². The summed E-state index contributed by atoms with van der Waals surface area (Å²) in [5, 5.41) is 2.74. The number of amides is 1. The molecule has 0 saturated heterocycles. The highest BCUT2D eigenvalue weighted by molar-refractivity contribution is 6.04. The molecule has 1 rings (SSSR count). The number of quaternary nitrogens is 1. The third-order valence-corrected chi connectivity index (χ3v) is 3.30. The number of nitrogens with one attached hydrogen (secondary N) is 2. The predicted octanol–water partition coefficient (Wildman–Crippen LogP) is 0.669. The standard InChI is InChI=1S/C18H29N3O3/c1-5-23-13-14-24-18(19-11-6-12-21(3)4)20-17(22)16-9-7-15(2)8-10-16/h7-10H,5-6,11-14H2,1-4H3,(H,19,20,22)/p+1. The molecule has 0 bridgehead atoms. The van der Waals surface area contributed by atoms with E-state index in [9.17, 15) is 4.79 Å². The van der Waals surface area contributed by atoms with E-state index < -0.39 is 0 Å². The van der Waals surface area contributed by atoms with Gasteiger partial charge in [0, 0.05) is 25.1 Å². The van der Waals surface area contributed by atoms with Crippen molar-refractivity contribution in [2.45, 2.75) is 20.3 Å². The lowest BCUT2D eigenvalue weighted by atomic mass is 10.1. The Labute approximate surface area is 144 Å². The van der Waals surface area contributed by atoms with Crippen LogP contribution in [0.1, 0.15) is 29.3 Å². The highest BCUT2D eigenvalue weighted by atomic mass is 16.5. The summed E-state index contributed by atoms with van der Waals surface area (Å²) in [5.74, 6) is -0.219. The minimum absolute atomic E-state index is 0.219. The molecule has 6 heteroatoms. The minimum Gasteiger partial charge on any atom is -0.463 e. The highest BCUT2D eigenvalue weighted by Crippen LogP contribution is 2.03. The molecular formula is C18H30N3O3+. The Hall–Kier alpha value is -1.92. The Morgan fingerprint density at radius 2 is 1.92 bits per heavy atom. The molecule has 0 aliphatic rings. The van der Waals surface area contributed by atoms with Crippen LogP contribution in [0.25, 0.3) is 0 Å². The topological polar surface area (TPSA) is 64.4 Å². The second-order valence-corrected chi connectivity index (χ2v) is 5.86. The molecule has 0 unspecified atom stereocenters. The van der Waals surface area contributed by atoms with E-state index in [1.807, 2.05) is 26.0 Å². The summed E-state index contributed by atoms with van der Waals surface area (Å²) < 4.78 is 10.8. The van der Waals surface area contributed by atoms with E-state index in [-0.39, 0.29) is 11.9 Å². The molecule has 0 radical (unpaired) electrons. The molecule has 1 aromatic rings. The van der Waals surface area contributed by atoms with E-state index in [2.05, 4.69) is 24.4 Å². The van der Waals surface area contributed by atoms with Crippen LogP contribution in [0.2, 0.25) is 0 Å². The molecule has 1 aromatic carbocycles. The number of hydrogen-bond donors (Lipinski definition) is 2. The van der Waals surface area contributed by atoms with Gasteiger partial charge in [0.1, 0.15) is 6.61 Å². The lowest BCUT2D eigenvalue weighted by Gasteiger charge is -2.11. The van der Waals surface area contributed by atoms with E-state index in [4.69, 9.17) is 9.47 Å². The van der Waals surface area contributed by atoms with Crippen LogP contribution in [0.4, 0.5) is 0 Å². The van der Waals surface area contributed by atoms with E-state index in [1.54, 1.807) is 12.1 Å². The predicted molar refractivity (Wildman–Crippen MR) is 95.7 cm³/mol. The third kappa shape index (κ3) is 8.64. The molecule has 0 atom stereocenters. The number of hydrogen-bond acceptors (Lipinski definition) is 4. The summed E-state index contributed by atoms with van der Waals surface area (Å²) in [6, 6.07) is 7.65. The first-order chi connectivity index (χ1) is 11.5. The number of aryl methyl sites for hydroxylation is 1. The zero-order chi connectivity index (χ0) is 17.8. The van der Waals surface area contributed by atoms with Crippen LogP contribution in [0.15, 0.2) is 29.3 Å². The fourth-order valence-corrected chi connectivity index (χ4v) is 1.95. The summed E-state index contributed by atoms with van der Waals surface area (Å²) in [5.41, 5.74) is 1.69. The zero-order valence-corrected chi connectivity index (χ0v) is 15.2. The van der Waals surface area contributed by atoms with Crippen molar-refractivity contribution in [1.29, 1.82) is 0 Å². The first-order valence-electron chi connectivity index (χ1n) is 8.45. The van der Waals surface area contributed by atoms with Crippen LogP contribution >= 0.6 is 0 Å². The first-order valence-corrected chi connectivity index (χ1v) is 8.45. The third-order valence-electron chi connectivity index (χ3n) is 3.30. The van der Waals surface area contributed by atoms with Crippen LogP contribution in [0.5, 0.6) is 0 Å². The Balaban J connectivity index is 2.59. The van der Waals surface area contributed by atoms with Crippen LogP contribution in [0.3, 0.4) is 0 Å². The van der Waals surface area contributed by atoms with Gasteiger partial charge in [0.05, 0.1) is 27.2 Å². The van der Waals surface area contributed by atoms with Crippen molar-refractivity contribution in [3.8, 4) is 0 Å². The Bertz CT molecular complexity index is 513. The Kier molecular flexibility index (Phi) is 9.72. The van der Waals surface area contributed by atoms with Crippen molar-refractivity contribution in [1.82, 2.24) is 5.32 Å². The molecular weight excluding hydrogens is 306 g/mol. The lowest BCUT2D eigenvalue weighted by molar-refractivity contribution is -0.858. The molecule has 0 aliphatic heterocycles. The molecule has 0 spiro atoms. The SMILES string of the molecule is CCOCCOC(=NCCC[NH+](C)C)NC(=O)c1ccc(C)cc1. The van der Waals surface area contributed by atoms with Crippen LogP contribution in [0, 0.1) is 6.92 Å². The molecule has 24 heavy (non-hydrogen) atoms. The number of benzene rings is 1. The maximum Gasteiger partial charge on any atom is 0.291 e. The van der Waals surface area contributed by atoms with Gasteiger partial charge in [-0.25, -0.2) is 4.99 Å². The van der Waals surface area contributed by atoms with Gasteiger partial charge in [0.2, 0.25) is 0 Å². The van der Waals surface area contributed by atoms with Crippen molar-refractivity contribution in [2.24, 2.45) is 4.99 Å². The molecule has 1 amide bonds. The smallest absolute Gasteiger partial charge is 0.291 e. The number of amidine groups is 1. The largest absolute Gasteiger partial charge is 0.463 e. The number of aliphatic imine (C=N–C) groups is 1. The molecule has 6 nitrogen and oxygen atoms in total. The van der Waals surface area contributed by atoms with Gasteiger partial charge in [-0.1, -0.05) is 17.7 Å². The molecule has 0 saturated carbocycles. The van der Waals surface area contributed by atoms with Gasteiger partial charge in [0.15, 0.2) is 0 Å². The van der Waals surface area contributed by atoms with Gasteiger partial charge in [0.25, 0.3) is 11.9 Å². The van der Waals surface area contributed by atoms with E-state index in [1.165, 1.54) is 4.90 Å². The number of ether oxygens (including phenoxy) is 2. The molecule has 0 aliphatic carbocycles. The quantitative estimate of drug-likeness (QED) is 0.396. The summed E-state index contributed by atoms with van der Waals surface area (Å²) in [6.45, 7) is 7.01. The molecule has 0 aromatic heterocycles. The molecule has 2 N–H and O–H groups in total. The van der Waals surface area contributed by atoms with Crippen molar-refractivity contribution in [3.05, 3.63) is 35.4 Å². The fourth-order valence-electron chi connectivity index (χ4n) is 1.95. The fraction of sp³-hybridized carbons (Fsp3) is 0.556. The number of nitrogens with zero attached hydrogens (tertiary/aromatic N) is 1. The Morgan fingerprint density at radius 1 is 1.21 bits per heavy atom. The molecule has 0 heterocycles. The van der Waals surface area contributed by atoms with Gasteiger partial charge in [-0.05, 0) is 26.0 Å². The van der Waals surface area contributed by atoms with Crippen molar-refractivity contribution in [2.75, 3.05) is 47.0 Å². The second-order valence-electron chi connectivity index (χ2n) is 5.86. The molecule has 0 fully saturated rings. The average molecular weight is 336 g/mol. The second kappa shape index (κ2) is 11.6. The average Bonchev–Trinajstić information content (AvgIpc) is 2.55. The first kappa shape index (κ1) is 20.1. The minimum atomic E-state index is -0.219. The van der Waals surface area contributed by atoms with Crippen molar-refractivity contribution < 1.29 is 19.2 Å². The summed E-state index contributed by atoms with van der Waals surface area (Å²) in [7, 11) is 4.20. The van der Waals surface area contributed by atoms with E-state index in [0.717, 1.165) is 18.5 Å². The van der Waals surface area contributed by atoms with Crippen LogP contribution in [-0.4, -0.2) is 58.9 Å². The van der Waals surface area contributed by atoms with Gasteiger partial charge in [-0.3, -0.25) is 10.1 Å². The highest BCUT2D eigenvalue weighted by Gasteiger charge is 2.10. The van der Waals surface area contributed by atoms with Gasteiger partial charge >= 0.3 is 0 Å². The molecule has 134 valence electrons. The zero-order valence-electron chi connectivity index (χ0n) is 15.2. The summed E-state index contributed by atoms with van der Waals surface area (Å²) in [4.78, 5) is 18.0. The normalized spacial score (nSPS) is 11.6. The van der Waals surface area contributed by atoms with Gasteiger partial charge in [-0.15, -0.1) is 0 Å². The van der Waals surface area contributed by atoms with E-state index >= 15 is 0 Å². The van der Waals surface area contributed by atoms with Gasteiger partial charge in [-0.2, -0.15) is 0 Å².